The lowest BCUT2D eigenvalue weighted by atomic mass is 10.2. The van der Waals surface area contributed by atoms with E-state index in [0.717, 1.165) is 12.2 Å². The minimum atomic E-state index is 0.646. The quantitative estimate of drug-likeness (QED) is 0.649. The Bertz CT molecular complexity index is 270. The SMILES string of the molecule is CCN(C)c1cccc(N)c1N. The first kappa shape index (κ1) is 8.71. The molecule has 0 aliphatic heterocycles. The molecule has 0 spiro atoms. The average Bonchev–Trinajstić information content (AvgIpc) is 2.08. The van der Waals surface area contributed by atoms with Gasteiger partial charge in [-0.1, -0.05) is 6.07 Å². The van der Waals surface area contributed by atoms with Gasteiger partial charge in [-0.25, -0.2) is 0 Å². The van der Waals surface area contributed by atoms with Crippen LogP contribution in [0.2, 0.25) is 0 Å². The van der Waals surface area contributed by atoms with Crippen LogP contribution in [0.4, 0.5) is 17.1 Å². The van der Waals surface area contributed by atoms with Gasteiger partial charge >= 0.3 is 0 Å². The van der Waals surface area contributed by atoms with E-state index in [4.69, 9.17) is 11.5 Å². The Labute approximate surface area is 73.0 Å². The predicted molar refractivity (Wildman–Crippen MR) is 54.2 cm³/mol. The smallest absolute Gasteiger partial charge is 0.0785 e. The van der Waals surface area contributed by atoms with Crippen LogP contribution in [-0.2, 0) is 0 Å². The van der Waals surface area contributed by atoms with Crippen molar-refractivity contribution in [3.8, 4) is 0 Å². The monoisotopic (exact) mass is 165 g/mol. The maximum Gasteiger partial charge on any atom is 0.0785 e. The minimum absolute atomic E-state index is 0.646. The van der Waals surface area contributed by atoms with Crippen LogP contribution in [0.25, 0.3) is 0 Å². The van der Waals surface area contributed by atoms with E-state index in [1.54, 1.807) is 0 Å². The van der Waals surface area contributed by atoms with Crippen molar-refractivity contribution in [2.45, 2.75) is 6.92 Å². The summed E-state index contributed by atoms with van der Waals surface area (Å²) in [6.45, 7) is 3.00. The number of hydrogen-bond donors (Lipinski definition) is 2. The van der Waals surface area contributed by atoms with Crippen LogP contribution in [0.3, 0.4) is 0 Å². The molecule has 1 rings (SSSR count). The van der Waals surface area contributed by atoms with Crippen molar-refractivity contribution >= 4 is 17.1 Å². The van der Waals surface area contributed by atoms with E-state index in [2.05, 4.69) is 11.8 Å². The highest BCUT2D eigenvalue weighted by Gasteiger charge is 2.04. The number of nitrogens with two attached hydrogens (primary N) is 2. The Kier molecular flexibility index (Phi) is 2.43. The molecule has 0 fully saturated rings. The molecular weight excluding hydrogens is 150 g/mol. The normalized spacial score (nSPS) is 9.83. The zero-order valence-electron chi connectivity index (χ0n) is 7.54. The predicted octanol–water partition coefficient (Wildman–Crippen LogP) is 1.31. The molecule has 0 aliphatic rings. The third kappa shape index (κ3) is 1.44. The van der Waals surface area contributed by atoms with E-state index in [1.807, 2.05) is 25.2 Å². The lowest BCUT2D eigenvalue weighted by molar-refractivity contribution is 0.970. The molecule has 0 unspecified atom stereocenters. The van der Waals surface area contributed by atoms with E-state index >= 15 is 0 Å². The third-order valence-corrected chi connectivity index (χ3v) is 2.00. The van der Waals surface area contributed by atoms with Crippen molar-refractivity contribution in [2.24, 2.45) is 0 Å². The van der Waals surface area contributed by atoms with Crippen molar-refractivity contribution in [3.05, 3.63) is 18.2 Å². The van der Waals surface area contributed by atoms with Crippen molar-refractivity contribution in [1.82, 2.24) is 0 Å². The number of anilines is 3. The van der Waals surface area contributed by atoms with Gasteiger partial charge in [0.2, 0.25) is 0 Å². The van der Waals surface area contributed by atoms with Crippen LogP contribution in [0.15, 0.2) is 18.2 Å². The van der Waals surface area contributed by atoms with Gasteiger partial charge in [-0.3, -0.25) is 0 Å². The summed E-state index contributed by atoms with van der Waals surface area (Å²) in [7, 11) is 1.99. The fourth-order valence-corrected chi connectivity index (χ4v) is 1.07. The van der Waals surface area contributed by atoms with E-state index in [-0.39, 0.29) is 0 Å². The molecule has 66 valence electrons. The van der Waals surface area contributed by atoms with Gasteiger partial charge in [0.25, 0.3) is 0 Å². The summed E-state index contributed by atoms with van der Waals surface area (Å²) in [6, 6.07) is 5.69. The maximum atomic E-state index is 5.79. The summed E-state index contributed by atoms with van der Waals surface area (Å²) in [4.78, 5) is 2.06. The minimum Gasteiger partial charge on any atom is -0.397 e. The summed E-state index contributed by atoms with van der Waals surface area (Å²) >= 11 is 0. The highest BCUT2D eigenvalue weighted by atomic mass is 15.1. The van der Waals surface area contributed by atoms with Crippen molar-refractivity contribution in [2.75, 3.05) is 30.0 Å². The first-order valence-corrected chi connectivity index (χ1v) is 4.02. The van der Waals surface area contributed by atoms with E-state index in [9.17, 15) is 0 Å². The summed E-state index contributed by atoms with van der Waals surface area (Å²) in [5.41, 5.74) is 13.8. The molecule has 0 aromatic heterocycles. The second-order valence-electron chi connectivity index (χ2n) is 2.79. The molecule has 0 saturated carbocycles. The van der Waals surface area contributed by atoms with E-state index in [1.165, 1.54) is 0 Å². The maximum absolute atomic E-state index is 5.79. The van der Waals surface area contributed by atoms with Crippen LogP contribution in [0.1, 0.15) is 6.92 Å². The Morgan fingerprint density at radius 3 is 2.58 bits per heavy atom. The Balaban J connectivity index is 3.07. The molecule has 3 nitrogen and oxygen atoms in total. The third-order valence-electron chi connectivity index (χ3n) is 2.00. The molecule has 0 atom stereocenters. The second-order valence-corrected chi connectivity index (χ2v) is 2.79. The molecule has 1 aromatic carbocycles. The largest absolute Gasteiger partial charge is 0.397 e. The standard InChI is InChI=1S/C9H15N3/c1-3-12(2)8-6-4-5-7(10)9(8)11/h4-6H,3,10-11H2,1-2H3. The van der Waals surface area contributed by atoms with Gasteiger partial charge in [-0.2, -0.15) is 0 Å². The first-order valence-electron chi connectivity index (χ1n) is 4.02. The molecule has 1 aromatic rings. The number of para-hydroxylation sites is 1. The van der Waals surface area contributed by atoms with Crippen molar-refractivity contribution < 1.29 is 0 Å². The summed E-state index contributed by atoms with van der Waals surface area (Å²) in [5, 5.41) is 0. The van der Waals surface area contributed by atoms with Gasteiger partial charge in [-0.05, 0) is 19.1 Å². The molecule has 0 amide bonds. The lowest BCUT2D eigenvalue weighted by Gasteiger charge is -2.19. The van der Waals surface area contributed by atoms with Gasteiger partial charge in [0.15, 0.2) is 0 Å². The van der Waals surface area contributed by atoms with Crippen molar-refractivity contribution in [3.63, 3.8) is 0 Å². The van der Waals surface area contributed by atoms with Gasteiger partial charge in [-0.15, -0.1) is 0 Å². The molecule has 0 bridgehead atoms. The van der Waals surface area contributed by atoms with Crippen LogP contribution in [0, 0.1) is 0 Å². The molecule has 0 aliphatic carbocycles. The van der Waals surface area contributed by atoms with E-state index in [0.29, 0.717) is 11.4 Å². The van der Waals surface area contributed by atoms with Crippen LogP contribution >= 0.6 is 0 Å². The molecule has 4 N–H and O–H groups in total. The number of hydrogen-bond acceptors (Lipinski definition) is 3. The van der Waals surface area contributed by atoms with Crippen LogP contribution in [-0.4, -0.2) is 13.6 Å². The highest BCUT2D eigenvalue weighted by molar-refractivity contribution is 5.79. The Morgan fingerprint density at radius 1 is 1.33 bits per heavy atom. The number of nitrogens with zero attached hydrogens (tertiary/aromatic N) is 1. The Hall–Kier alpha value is -1.38. The topological polar surface area (TPSA) is 55.3 Å². The summed E-state index contributed by atoms with van der Waals surface area (Å²) in [6.07, 6.45) is 0. The molecular formula is C9H15N3. The molecule has 0 radical (unpaired) electrons. The van der Waals surface area contributed by atoms with Gasteiger partial charge < -0.3 is 16.4 Å². The first-order chi connectivity index (χ1) is 5.66. The molecule has 0 heterocycles. The van der Waals surface area contributed by atoms with Crippen LogP contribution < -0.4 is 16.4 Å². The Morgan fingerprint density at radius 2 is 2.00 bits per heavy atom. The number of nitrogen functional groups attached to an aromatic ring is 2. The zero-order chi connectivity index (χ0) is 9.14. The lowest BCUT2D eigenvalue weighted by Crippen LogP contribution is -2.17. The molecule has 3 heteroatoms. The fraction of sp³-hybridized carbons (Fsp3) is 0.333. The van der Waals surface area contributed by atoms with Crippen molar-refractivity contribution in [1.29, 1.82) is 0 Å². The number of benzene rings is 1. The summed E-state index contributed by atoms with van der Waals surface area (Å²) < 4.78 is 0. The second kappa shape index (κ2) is 3.34. The average molecular weight is 165 g/mol. The molecule has 0 saturated heterocycles. The summed E-state index contributed by atoms with van der Waals surface area (Å²) in [5.74, 6) is 0. The van der Waals surface area contributed by atoms with Gasteiger partial charge in [0.1, 0.15) is 0 Å². The van der Waals surface area contributed by atoms with E-state index < -0.39 is 0 Å². The van der Waals surface area contributed by atoms with Crippen LogP contribution in [0.5, 0.6) is 0 Å². The molecule has 12 heavy (non-hydrogen) atoms. The fourth-order valence-electron chi connectivity index (χ4n) is 1.07. The van der Waals surface area contributed by atoms with Gasteiger partial charge in [0, 0.05) is 13.6 Å². The van der Waals surface area contributed by atoms with Gasteiger partial charge in [0.05, 0.1) is 17.1 Å². The highest BCUT2D eigenvalue weighted by Crippen LogP contribution is 2.26. The number of rotatable bonds is 2. The zero-order valence-corrected chi connectivity index (χ0v) is 7.54.